The van der Waals surface area contributed by atoms with Gasteiger partial charge in [-0.3, -0.25) is 9.59 Å². The Bertz CT molecular complexity index is 367. The lowest BCUT2D eigenvalue weighted by atomic mass is 10.1. The second-order valence-corrected chi connectivity index (χ2v) is 3.85. The zero-order valence-corrected chi connectivity index (χ0v) is 7.89. The van der Waals surface area contributed by atoms with E-state index in [1.54, 1.807) is 6.07 Å². The number of hydrogen-bond acceptors (Lipinski definition) is 4. The van der Waals surface area contributed by atoms with Gasteiger partial charge in [0.05, 0.1) is 13.0 Å². The van der Waals surface area contributed by atoms with Crippen LogP contribution >= 0.6 is 11.3 Å². The summed E-state index contributed by atoms with van der Waals surface area (Å²) in [6.45, 7) is 0. The molecule has 68 valence electrons. The highest BCUT2D eigenvalue weighted by Gasteiger charge is 2.35. The van der Waals surface area contributed by atoms with Crippen LogP contribution in [-0.4, -0.2) is 18.9 Å². The van der Waals surface area contributed by atoms with Crippen molar-refractivity contribution in [3.63, 3.8) is 0 Å². The Morgan fingerprint density at radius 3 is 3.15 bits per heavy atom. The fraction of sp³-hybridized carbons (Fsp3) is 0.333. The van der Waals surface area contributed by atoms with Crippen LogP contribution in [0.4, 0.5) is 0 Å². The first kappa shape index (κ1) is 8.44. The summed E-state index contributed by atoms with van der Waals surface area (Å²) in [7, 11) is 1.35. The van der Waals surface area contributed by atoms with Crippen molar-refractivity contribution >= 4 is 23.1 Å². The normalized spacial score (nSPS) is 20.1. The van der Waals surface area contributed by atoms with E-state index in [1.807, 2.05) is 5.38 Å². The number of fused-ring (bicyclic) bond motifs is 1. The van der Waals surface area contributed by atoms with Crippen LogP contribution in [0.3, 0.4) is 0 Å². The van der Waals surface area contributed by atoms with Gasteiger partial charge >= 0.3 is 5.97 Å². The minimum Gasteiger partial charge on any atom is -0.469 e. The summed E-state index contributed by atoms with van der Waals surface area (Å²) < 4.78 is 4.62. The van der Waals surface area contributed by atoms with Crippen molar-refractivity contribution in [1.29, 1.82) is 0 Å². The molecule has 1 atom stereocenters. The largest absolute Gasteiger partial charge is 0.469 e. The van der Waals surface area contributed by atoms with Gasteiger partial charge in [-0.25, -0.2) is 0 Å². The lowest BCUT2D eigenvalue weighted by Gasteiger charge is -2.04. The van der Waals surface area contributed by atoms with Gasteiger partial charge in [-0.2, -0.15) is 0 Å². The molecule has 0 spiro atoms. The van der Waals surface area contributed by atoms with E-state index in [-0.39, 0.29) is 24.1 Å². The Hall–Kier alpha value is -1.16. The highest BCUT2D eigenvalue weighted by atomic mass is 32.1. The molecule has 0 fully saturated rings. The standard InChI is InChI=1S/C9H8O3S/c1-12-9(11)6-4-7(10)5-2-3-13-8(5)6/h2-3,6H,4H2,1H3. The second-order valence-electron chi connectivity index (χ2n) is 2.90. The van der Waals surface area contributed by atoms with Gasteiger partial charge in [-0.05, 0) is 11.4 Å². The number of carbonyl (C=O) groups is 2. The van der Waals surface area contributed by atoms with E-state index < -0.39 is 0 Å². The average Bonchev–Trinajstić information content (AvgIpc) is 2.68. The number of rotatable bonds is 1. The zero-order valence-electron chi connectivity index (χ0n) is 7.07. The van der Waals surface area contributed by atoms with E-state index >= 15 is 0 Å². The van der Waals surface area contributed by atoms with Gasteiger partial charge in [0.1, 0.15) is 0 Å². The maximum Gasteiger partial charge on any atom is 0.314 e. The Balaban J connectivity index is 2.38. The van der Waals surface area contributed by atoms with Crippen LogP contribution in [0, 0.1) is 0 Å². The van der Waals surface area contributed by atoms with Crippen molar-refractivity contribution in [2.24, 2.45) is 0 Å². The fourth-order valence-corrected chi connectivity index (χ4v) is 2.55. The van der Waals surface area contributed by atoms with Gasteiger partial charge in [0.15, 0.2) is 5.78 Å². The van der Waals surface area contributed by atoms with E-state index in [0.29, 0.717) is 5.56 Å². The van der Waals surface area contributed by atoms with E-state index in [9.17, 15) is 9.59 Å². The van der Waals surface area contributed by atoms with Gasteiger partial charge in [0.2, 0.25) is 0 Å². The van der Waals surface area contributed by atoms with E-state index in [2.05, 4.69) is 4.74 Å². The molecule has 1 aromatic rings. The van der Waals surface area contributed by atoms with Crippen molar-refractivity contribution in [2.75, 3.05) is 7.11 Å². The number of carbonyl (C=O) groups excluding carboxylic acids is 2. The average molecular weight is 196 g/mol. The third-order valence-electron chi connectivity index (χ3n) is 2.19. The quantitative estimate of drug-likeness (QED) is 0.640. The number of hydrogen-bond donors (Lipinski definition) is 0. The highest BCUT2D eigenvalue weighted by Crippen LogP contribution is 2.37. The Labute approximate surface area is 79.3 Å². The summed E-state index contributed by atoms with van der Waals surface area (Å²) in [5.74, 6) is -0.617. The molecule has 0 N–H and O–H groups in total. The fourth-order valence-electron chi connectivity index (χ4n) is 1.54. The zero-order chi connectivity index (χ0) is 9.42. The first-order chi connectivity index (χ1) is 6.24. The first-order valence-electron chi connectivity index (χ1n) is 3.92. The van der Waals surface area contributed by atoms with Crippen LogP contribution in [0.1, 0.15) is 27.6 Å². The molecule has 3 nitrogen and oxygen atoms in total. The maximum absolute atomic E-state index is 11.4. The molecule has 0 saturated heterocycles. The Kier molecular flexibility index (Phi) is 1.92. The van der Waals surface area contributed by atoms with Crippen LogP contribution in [0.5, 0.6) is 0 Å². The van der Waals surface area contributed by atoms with Crippen LogP contribution in [0.15, 0.2) is 11.4 Å². The lowest BCUT2D eigenvalue weighted by molar-refractivity contribution is -0.142. The minimum atomic E-state index is -0.354. The molecule has 1 aromatic heterocycles. The summed E-state index contributed by atoms with van der Waals surface area (Å²) in [5, 5.41) is 1.83. The van der Waals surface area contributed by atoms with Crippen LogP contribution < -0.4 is 0 Å². The van der Waals surface area contributed by atoms with Crippen molar-refractivity contribution in [3.05, 3.63) is 21.9 Å². The Morgan fingerprint density at radius 1 is 1.69 bits per heavy atom. The molecular formula is C9H8O3S. The number of ether oxygens (including phenoxy) is 1. The van der Waals surface area contributed by atoms with Crippen LogP contribution in [0.25, 0.3) is 0 Å². The van der Waals surface area contributed by atoms with Gasteiger partial charge in [0.25, 0.3) is 0 Å². The van der Waals surface area contributed by atoms with E-state index in [0.717, 1.165) is 4.88 Å². The third kappa shape index (κ3) is 1.18. The minimum absolute atomic E-state index is 0.0478. The molecule has 0 aromatic carbocycles. The molecule has 1 heterocycles. The van der Waals surface area contributed by atoms with Crippen molar-refractivity contribution in [1.82, 2.24) is 0 Å². The van der Waals surface area contributed by atoms with Crippen molar-refractivity contribution < 1.29 is 14.3 Å². The van der Waals surface area contributed by atoms with Crippen molar-refractivity contribution in [2.45, 2.75) is 12.3 Å². The molecule has 0 saturated carbocycles. The predicted molar refractivity (Wildman–Crippen MR) is 48.0 cm³/mol. The summed E-state index contributed by atoms with van der Waals surface area (Å²) in [6, 6.07) is 1.77. The van der Waals surface area contributed by atoms with Crippen LogP contribution in [0.2, 0.25) is 0 Å². The van der Waals surface area contributed by atoms with Crippen LogP contribution in [-0.2, 0) is 9.53 Å². The van der Waals surface area contributed by atoms with Gasteiger partial charge in [-0.1, -0.05) is 0 Å². The topological polar surface area (TPSA) is 43.4 Å². The molecule has 0 aliphatic heterocycles. The third-order valence-corrected chi connectivity index (χ3v) is 3.22. The van der Waals surface area contributed by atoms with Gasteiger partial charge in [0, 0.05) is 16.9 Å². The smallest absolute Gasteiger partial charge is 0.314 e. The molecular weight excluding hydrogens is 188 g/mol. The monoisotopic (exact) mass is 196 g/mol. The summed E-state index contributed by atoms with van der Waals surface area (Å²) in [5.41, 5.74) is 0.695. The lowest BCUT2D eigenvalue weighted by Crippen LogP contribution is -2.10. The Morgan fingerprint density at radius 2 is 2.46 bits per heavy atom. The number of esters is 1. The van der Waals surface area contributed by atoms with Gasteiger partial charge < -0.3 is 4.74 Å². The molecule has 1 unspecified atom stereocenters. The van der Waals surface area contributed by atoms with Crippen molar-refractivity contribution in [3.8, 4) is 0 Å². The molecule has 13 heavy (non-hydrogen) atoms. The second kappa shape index (κ2) is 2.96. The number of ketones is 1. The maximum atomic E-state index is 11.4. The molecule has 1 aliphatic carbocycles. The summed E-state index contributed by atoms with van der Waals surface area (Å²) in [4.78, 5) is 23.5. The number of thiophene rings is 1. The van der Waals surface area contributed by atoms with E-state index in [1.165, 1.54) is 18.4 Å². The molecule has 1 aliphatic rings. The summed E-state index contributed by atoms with van der Waals surface area (Å²) in [6.07, 6.45) is 0.272. The molecule has 0 radical (unpaired) electrons. The molecule has 4 heteroatoms. The molecule has 0 bridgehead atoms. The molecule has 2 rings (SSSR count). The first-order valence-corrected chi connectivity index (χ1v) is 4.80. The predicted octanol–water partition coefficient (Wildman–Crippen LogP) is 1.59. The highest BCUT2D eigenvalue weighted by molar-refractivity contribution is 7.10. The summed E-state index contributed by atoms with van der Waals surface area (Å²) >= 11 is 1.45. The SMILES string of the molecule is COC(=O)C1CC(=O)c2ccsc21. The van der Waals surface area contributed by atoms with Gasteiger partial charge in [-0.15, -0.1) is 11.3 Å². The van der Waals surface area contributed by atoms with E-state index in [4.69, 9.17) is 0 Å². The molecule has 0 amide bonds. The number of methoxy groups -OCH3 is 1. The number of Topliss-reactive ketones (excluding diaryl/α,β-unsaturated/α-hetero) is 1.